The zero-order chi connectivity index (χ0) is 13.9. The summed E-state index contributed by atoms with van der Waals surface area (Å²) in [5.41, 5.74) is 1.26. The van der Waals surface area contributed by atoms with Crippen molar-refractivity contribution >= 4 is 0 Å². The second kappa shape index (κ2) is 5.93. The van der Waals surface area contributed by atoms with Gasteiger partial charge in [-0.2, -0.15) is 0 Å². The van der Waals surface area contributed by atoms with Gasteiger partial charge in [-0.1, -0.05) is 25.5 Å². The highest BCUT2D eigenvalue weighted by Crippen LogP contribution is 2.35. The largest absolute Gasteiger partial charge is 0.497 e. The van der Waals surface area contributed by atoms with Crippen LogP contribution in [0.2, 0.25) is 0 Å². The first-order valence-corrected chi connectivity index (χ1v) is 6.80. The highest BCUT2D eigenvalue weighted by molar-refractivity contribution is 5.30. The maximum absolute atomic E-state index is 5.99. The van der Waals surface area contributed by atoms with E-state index >= 15 is 0 Å². The number of ether oxygens (including phenoxy) is 3. The van der Waals surface area contributed by atoms with Gasteiger partial charge in [-0.05, 0) is 38.0 Å². The molecular formula is C16H23O3. The average molecular weight is 263 g/mol. The highest BCUT2D eigenvalue weighted by atomic mass is 16.7. The van der Waals surface area contributed by atoms with Crippen LogP contribution in [0.5, 0.6) is 5.75 Å². The summed E-state index contributed by atoms with van der Waals surface area (Å²) >= 11 is 0. The van der Waals surface area contributed by atoms with Crippen LogP contribution in [0.3, 0.4) is 0 Å². The van der Waals surface area contributed by atoms with Gasteiger partial charge in [0.2, 0.25) is 0 Å². The van der Waals surface area contributed by atoms with Crippen LogP contribution in [0.1, 0.15) is 38.2 Å². The minimum absolute atomic E-state index is 0.102. The Labute approximate surface area is 115 Å². The third-order valence-electron chi connectivity index (χ3n) is 3.54. The van der Waals surface area contributed by atoms with Crippen LogP contribution in [0.4, 0.5) is 0 Å². The Morgan fingerprint density at radius 1 is 1.37 bits per heavy atom. The van der Waals surface area contributed by atoms with E-state index in [1.165, 1.54) is 5.56 Å². The number of methoxy groups -OCH3 is 1. The Morgan fingerprint density at radius 3 is 2.53 bits per heavy atom. The van der Waals surface area contributed by atoms with Gasteiger partial charge in [-0.25, -0.2) is 0 Å². The van der Waals surface area contributed by atoms with Gasteiger partial charge in [-0.15, -0.1) is 0 Å². The van der Waals surface area contributed by atoms with Gasteiger partial charge in [0.1, 0.15) is 5.75 Å². The lowest BCUT2D eigenvalue weighted by molar-refractivity contribution is -0.141. The van der Waals surface area contributed by atoms with Gasteiger partial charge >= 0.3 is 0 Å². The molecular weight excluding hydrogens is 240 g/mol. The predicted molar refractivity (Wildman–Crippen MR) is 75.2 cm³/mol. The Morgan fingerprint density at radius 2 is 2.05 bits per heavy atom. The summed E-state index contributed by atoms with van der Waals surface area (Å²) in [7, 11) is 1.68. The number of rotatable bonds is 5. The third-order valence-corrected chi connectivity index (χ3v) is 3.54. The Hall–Kier alpha value is -1.06. The van der Waals surface area contributed by atoms with Gasteiger partial charge in [0.15, 0.2) is 5.79 Å². The summed E-state index contributed by atoms with van der Waals surface area (Å²) in [5.74, 6) is 0.725. The summed E-state index contributed by atoms with van der Waals surface area (Å²) in [6.07, 6.45) is 1.98. The summed E-state index contributed by atoms with van der Waals surface area (Å²) in [6.45, 7) is 8.54. The predicted octanol–water partition coefficient (Wildman–Crippen LogP) is 3.54. The van der Waals surface area contributed by atoms with Crippen LogP contribution >= 0.6 is 0 Å². The van der Waals surface area contributed by atoms with Gasteiger partial charge in [-0.3, -0.25) is 0 Å². The van der Waals surface area contributed by atoms with E-state index in [1.807, 2.05) is 26.0 Å². The fourth-order valence-corrected chi connectivity index (χ4v) is 2.55. The normalized spacial score (nSPS) is 23.3. The fraction of sp³-hybridized carbons (Fsp3) is 0.562. The Kier molecular flexibility index (Phi) is 4.48. The summed E-state index contributed by atoms with van der Waals surface area (Å²) in [5, 5.41) is 0. The van der Waals surface area contributed by atoms with Crippen molar-refractivity contribution in [3.05, 3.63) is 36.8 Å². The molecule has 0 saturated carbocycles. The molecule has 1 aliphatic heterocycles. The first-order valence-electron chi connectivity index (χ1n) is 6.80. The second-order valence-corrected chi connectivity index (χ2v) is 5.39. The smallest absolute Gasteiger partial charge is 0.163 e. The van der Waals surface area contributed by atoms with E-state index in [2.05, 4.69) is 19.1 Å². The van der Waals surface area contributed by atoms with Gasteiger partial charge < -0.3 is 14.2 Å². The molecule has 2 rings (SSSR count). The van der Waals surface area contributed by atoms with E-state index < -0.39 is 5.79 Å². The van der Waals surface area contributed by atoms with Crippen molar-refractivity contribution in [3.8, 4) is 5.75 Å². The van der Waals surface area contributed by atoms with Crippen molar-refractivity contribution < 1.29 is 14.2 Å². The molecule has 0 amide bonds. The van der Waals surface area contributed by atoms with Crippen molar-refractivity contribution in [1.29, 1.82) is 0 Å². The molecule has 2 atom stereocenters. The van der Waals surface area contributed by atoms with E-state index in [9.17, 15) is 0 Å². The first kappa shape index (κ1) is 14.4. The van der Waals surface area contributed by atoms with Crippen molar-refractivity contribution in [2.24, 2.45) is 0 Å². The van der Waals surface area contributed by atoms with Crippen LogP contribution in [0.15, 0.2) is 24.3 Å². The fourth-order valence-electron chi connectivity index (χ4n) is 2.55. The summed E-state index contributed by atoms with van der Waals surface area (Å²) < 4.78 is 16.9. The lowest BCUT2D eigenvalue weighted by atomic mass is 9.89. The summed E-state index contributed by atoms with van der Waals surface area (Å²) in [4.78, 5) is 0. The maximum Gasteiger partial charge on any atom is 0.163 e. The lowest BCUT2D eigenvalue weighted by Crippen LogP contribution is -2.25. The first-order chi connectivity index (χ1) is 9.05. The Balaban J connectivity index is 2.15. The quantitative estimate of drug-likeness (QED) is 0.813. The van der Waals surface area contributed by atoms with Crippen LogP contribution in [0.25, 0.3) is 0 Å². The monoisotopic (exact) mass is 263 g/mol. The molecule has 19 heavy (non-hydrogen) atoms. The van der Waals surface area contributed by atoms with Gasteiger partial charge in [0, 0.05) is 5.92 Å². The molecule has 0 aromatic heterocycles. The third kappa shape index (κ3) is 3.48. The molecule has 105 valence electrons. The van der Waals surface area contributed by atoms with Crippen LogP contribution < -0.4 is 4.74 Å². The molecule has 0 aliphatic carbocycles. The topological polar surface area (TPSA) is 27.7 Å². The average Bonchev–Trinajstić information content (AvgIpc) is 2.76. The van der Waals surface area contributed by atoms with E-state index in [-0.39, 0.29) is 6.10 Å². The van der Waals surface area contributed by atoms with Gasteiger partial charge in [0.05, 0.1) is 19.8 Å². The second-order valence-electron chi connectivity index (χ2n) is 5.39. The van der Waals surface area contributed by atoms with Gasteiger partial charge in [0.25, 0.3) is 0 Å². The molecule has 1 aromatic carbocycles. The summed E-state index contributed by atoms with van der Waals surface area (Å²) in [6, 6.07) is 8.19. The minimum Gasteiger partial charge on any atom is -0.497 e. The molecule has 1 aromatic rings. The molecule has 1 fully saturated rings. The number of hydrogen-bond acceptors (Lipinski definition) is 3. The minimum atomic E-state index is -0.476. The van der Waals surface area contributed by atoms with Crippen molar-refractivity contribution in [1.82, 2.24) is 0 Å². The number of hydrogen-bond donors (Lipinski definition) is 0. The maximum atomic E-state index is 5.99. The molecule has 0 spiro atoms. The van der Waals surface area contributed by atoms with Crippen LogP contribution in [-0.2, 0) is 9.47 Å². The van der Waals surface area contributed by atoms with E-state index in [0.717, 1.165) is 18.6 Å². The zero-order valence-electron chi connectivity index (χ0n) is 12.0. The molecule has 1 radical (unpaired) electrons. The van der Waals surface area contributed by atoms with E-state index in [0.29, 0.717) is 12.5 Å². The highest BCUT2D eigenvalue weighted by Gasteiger charge is 2.37. The molecule has 2 unspecified atom stereocenters. The van der Waals surface area contributed by atoms with Crippen molar-refractivity contribution in [2.75, 3.05) is 13.7 Å². The van der Waals surface area contributed by atoms with E-state index in [1.54, 1.807) is 7.11 Å². The van der Waals surface area contributed by atoms with E-state index in [4.69, 9.17) is 14.2 Å². The molecule has 1 heterocycles. The molecule has 1 aliphatic rings. The zero-order valence-corrected chi connectivity index (χ0v) is 12.0. The SMILES string of the molecule is [CH2]CCC(c1ccc(OC)cc1)C1COC(C)(C)O1. The molecule has 3 heteroatoms. The van der Waals surface area contributed by atoms with Crippen LogP contribution in [0, 0.1) is 6.92 Å². The lowest BCUT2D eigenvalue weighted by Gasteiger charge is -2.24. The number of benzene rings is 1. The van der Waals surface area contributed by atoms with Crippen molar-refractivity contribution in [2.45, 2.75) is 44.5 Å². The van der Waals surface area contributed by atoms with Crippen LogP contribution in [-0.4, -0.2) is 25.6 Å². The Bertz CT molecular complexity index is 397. The standard InChI is InChI=1S/C16H23O3/c1-5-6-14(15-11-18-16(2,3)19-15)12-7-9-13(17-4)10-8-12/h7-10,14-15H,1,5-6,11H2,2-4H3. The molecule has 0 N–H and O–H groups in total. The molecule has 0 bridgehead atoms. The van der Waals surface area contributed by atoms with Crippen molar-refractivity contribution in [3.63, 3.8) is 0 Å². The molecule has 1 saturated heterocycles. The molecule has 3 nitrogen and oxygen atoms in total.